The number of nitrogens with two attached hydrogens (primary N) is 1. The van der Waals surface area contributed by atoms with Crippen LogP contribution in [0, 0.1) is 5.92 Å². The molecule has 0 bridgehead atoms. The van der Waals surface area contributed by atoms with Gasteiger partial charge >= 0.3 is 17.9 Å². The van der Waals surface area contributed by atoms with Crippen molar-refractivity contribution in [3.63, 3.8) is 0 Å². The highest BCUT2D eigenvalue weighted by Gasteiger charge is 2.27. The summed E-state index contributed by atoms with van der Waals surface area (Å²) in [6, 6.07) is 17.6. The first-order valence-electron chi connectivity index (χ1n) is 21.0. The van der Waals surface area contributed by atoms with Gasteiger partial charge in [0.15, 0.2) is 0 Å². The number of benzene rings is 2. The Morgan fingerprint density at radius 1 is 0.623 bits per heavy atom. The fraction of sp³-hybridized carbons (Fsp3) is 0.558. The van der Waals surface area contributed by atoms with Crippen LogP contribution in [-0.4, -0.2) is 164 Å². The summed E-state index contributed by atoms with van der Waals surface area (Å²) in [4.78, 5) is 94.9. The summed E-state index contributed by atoms with van der Waals surface area (Å²) < 4.78 is 10.9. The van der Waals surface area contributed by atoms with Gasteiger partial charge in [-0.05, 0) is 49.4 Å². The molecule has 334 valence electrons. The van der Waals surface area contributed by atoms with Crippen molar-refractivity contribution >= 4 is 41.5 Å². The first-order valence-corrected chi connectivity index (χ1v) is 21.0. The van der Waals surface area contributed by atoms with E-state index in [1.54, 1.807) is 0 Å². The van der Waals surface area contributed by atoms with E-state index in [-0.39, 0.29) is 89.4 Å². The van der Waals surface area contributed by atoms with Crippen molar-refractivity contribution < 1.29 is 48.1 Å². The third kappa shape index (κ3) is 20.1. The number of carboxylic acids is 1. The number of primary amides is 1. The molecule has 6 N–H and O–H groups in total. The third-order valence-corrected chi connectivity index (χ3v) is 10.6. The zero-order valence-electron chi connectivity index (χ0n) is 35.0. The molecule has 18 heteroatoms. The molecule has 0 aliphatic carbocycles. The molecule has 2 heterocycles. The number of rotatable bonds is 23. The van der Waals surface area contributed by atoms with Crippen LogP contribution in [0.2, 0.25) is 0 Å². The van der Waals surface area contributed by atoms with E-state index in [9.17, 15) is 38.7 Å². The van der Waals surface area contributed by atoms with Gasteiger partial charge in [-0.3, -0.25) is 48.3 Å². The van der Waals surface area contributed by atoms with Crippen LogP contribution >= 0.6 is 0 Å². The van der Waals surface area contributed by atoms with Gasteiger partial charge in [0.2, 0.25) is 23.6 Å². The fourth-order valence-electron chi connectivity index (χ4n) is 7.15. The molecule has 61 heavy (non-hydrogen) atoms. The summed E-state index contributed by atoms with van der Waals surface area (Å²) in [7, 11) is 0. The van der Waals surface area contributed by atoms with Gasteiger partial charge in [-0.25, -0.2) is 0 Å². The number of nitrogens with one attached hydrogen (secondary N) is 3. The van der Waals surface area contributed by atoms with E-state index < -0.39 is 29.8 Å². The topological polar surface area (TPSA) is 233 Å². The molecule has 0 unspecified atom stereocenters. The van der Waals surface area contributed by atoms with Crippen LogP contribution in [0.15, 0.2) is 60.7 Å². The van der Waals surface area contributed by atoms with Crippen molar-refractivity contribution in [2.75, 3.05) is 91.6 Å². The lowest BCUT2D eigenvalue weighted by atomic mass is 9.96. The van der Waals surface area contributed by atoms with Gasteiger partial charge in [0.05, 0.1) is 19.6 Å². The van der Waals surface area contributed by atoms with E-state index in [4.69, 9.17) is 15.2 Å². The Bertz CT molecular complexity index is 1710. The molecule has 2 aliphatic rings. The molecule has 2 aliphatic heterocycles. The SMILES string of the molecule is NC(=O)CCNC(=O)CCNC(=O)[C@@H](CCC(=O)OCc1ccccc1)NC(=O)CN1CCC(CN2CCN(CC(=O)O)CCN(CC(=O)OCc3ccccc3)CC2)CC1. The minimum atomic E-state index is -1.05. The number of piperidine rings is 1. The van der Waals surface area contributed by atoms with E-state index in [0.717, 1.165) is 30.5 Å². The van der Waals surface area contributed by atoms with Crippen molar-refractivity contribution in [2.45, 2.75) is 57.8 Å². The van der Waals surface area contributed by atoms with Crippen molar-refractivity contribution in [2.24, 2.45) is 11.7 Å². The summed E-state index contributed by atoms with van der Waals surface area (Å²) in [6.07, 6.45) is 1.47. The molecule has 0 radical (unpaired) electrons. The molecule has 0 saturated carbocycles. The molecule has 18 nitrogen and oxygen atoms in total. The quantitative estimate of drug-likeness (QED) is 0.0924. The molecular weight excluding hydrogens is 789 g/mol. The summed E-state index contributed by atoms with van der Waals surface area (Å²) >= 11 is 0. The zero-order chi connectivity index (χ0) is 43.8. The summed E-state index contributed by atoms with van der Waals surface area (Å²) in [5, 5.41) is 17.5. The predicted molar refractivity (Wildman–Crippen MR) is 224 cm³/mol. The number of carbonyl (C=O) groups excluding carboxylic acids is 6. The van der Waals surface area contributed by atoms with Crippen molar-refractivity contribution in [1.29, 1.82) is 0 Å². The van der Waals surface area contributed by atoms with E-state index in [0.29, 0.717) is 58.3 Å². The number of amides is 4. The maximum Gasteiger partial charge on any atom is 0.320 e. The Balaban J connectivity index is 1.25. The highest BCUT2D eigenvalue weighted by Crippen LogP contribution is 2.19. The number of ether oxygens (including phenoxy) is 2. The predicted octanol–water partition coefficient (Wildman–Crippen LogP) is -0.0477. The number of carbonyl (C=O) groups is 7. The van der Waals surface area contributed by atoms with Crippen molar-refractivity contribution in [3.05, 3.63) is 71.8 Å². The molecule has 0 spiro atoms. The van der Waals surface area contributed by atoms with Crippen molar-refractivity contribution in [3.8, 4) is 0 Å². The second-order valence-electron chi connectivity index (χ2n) is 15.5. The molecule has 4 rings (SSSR count). The van der Waals surface area contributed by atoms with Crippen molar-refractivity contribution in [1.82, 2.24) is 35.6 Å². The highest BCUT2D eigenvalue weighted by atomic mass is 16.5. The number of hydrogen-bond donors (Lipinski definition) is 5. The number of hydrogen-bond acceptors (Lipinski definition) is 13. The number of esters is 2. The van der Waals surface area contributed by atoms with E-state index in [1.807, 2.05) is 75.4 Å². The Morgan fingerprint density at radius 3 is 1.72 bits per heavy atom. The molecule has 4 amide bonds. The van der Waals surface area contributed by atoms with Crippen LogP contribution in [0.25, 0.3) is 0 Å². The lowest BCUT2D eigenvalue weighted by molar-refractivity contribution is -0.147. The van der Waals surface area contributed by atoms with Crippen LogP contribution in [0.3, 0.4) is 0 Å². The lowest BCUT2D eigenvalue weighted by Gasteiger charge is -2.35. The number of carboxylic acid groups (broad SMARTS) is 1. The van der Waals surface area contributed by atoms with Gasteiger partial charge in [0.1, 0.15) is 19.3 Å². The molecule has 1 atom stereocenters. The maximum absolute atomic E-state index is 13.3. The molecule has 2 fully saturated rings. The van der Waals surface area contributed by atoms with Crippen LogP contribution in [-0.2, 0) is 56.2 Å². The molecule has 0 aromatic heterocycles. The maximum atomic E-state index is 13.3. The second-order valence-corrected chi connectivity index (χ2v) is 15.5. The van der Waals surface area contributed by atoms with Crippen LogP contribution in [0.5, 0.6) is 0 Å². The fourth-order valence-corrected chi connectivity index (χ4v) is 7.15. The Morgan fingerprint density at radius 2 is 1.15 bits per heavy atom. The Hall–Kier alpha value is -5.43. The van der Waals surface area contributed by atoms with Gasteiger partial charge in [-0.2, -0.15) is 0 Å². The lowest BCUT2D eigenvalue weighted by Crippen LogP contribution is -2.51. The number of nitrogens with zero attached hydrogens (tertiary/aromatic N) is 4. The smallest absolute Gasteiger partial charge is 0.320 e. The first kappa shape index (κ1) is 48.2. The normalized spacial score (nSPS) is 16.5. The molecule has 2 aromatic rings. The zero-order valence-corrected chi connectivity index (χ0v) is 35.0. The van der Waals surface area contributed by atoms with E-state index >= 15 is 0 Å². The monoisotopic (exact) mass is 850 g/mol. The van der Waals surface area contributed by atoms with Crippen LogP contribution in [0.4, 0.5) is 0 Å². The van der Waals surface area contributed by atoms with E-state index in [2.05, 4.69) is 20.9 Å². The first-order chi connectivity index (χ1) is 29.4. The summed E-state index contributed by atoms with van der Waals surface area (Å²) in [5.41, 5.74) is 6.83. The largest absolute Gasteiger partial charge is 0.480 e. The van der Waals surface area contributed by atoms with E-state index in [1.165, 1.54) is 0 Å². The molecular formula is C43H62N8O10. The average molecular weight is 851 g/mol. The number of likely N-dealkylation sites (tertiary alicyclic amines) is 1. The Kier molecular flexibility index (Phi) is 21.1. The minimum Gasteiger partial charge on any atom is -0.480 e. The van der Waals surface area contributed by atoms with Crippen LogP contribution in [0.1, 0.15) is 49.7 Å². The number of aliphatic carboxylic acids is 1. The van der Waals surface area contributed by atoms with Gasteiger partial charge < -0.3 is 41.2 Å². The van der Waals surface area contributed by atoms with Gasteiger partial charge in [-0.15, -0.1) is 0 Å². The molecule has 2 saturated heterocycles. The third-order valence-electron chi connectivity index (χ3n) is 10.6. The Labute approximate surface area is 357 Å². The standard InChI is InChI=1S/C43H62N8O10/c44-37(52)13-17-45-38(53)14-18-46-43(59)36(11-12-41(57)60-31-34-7-3-1-4-8-34)47-39(54)28-48-19-15-33(16-20-48)27-49-21-23-50(29-40(55)56)24-26-51(25-22-49)30-42(58)61-32-35-9-5-2-6-10-35/h1-10,33,36H,11-32H2,(H2,44,52)(H,45,53)(H,46,59)(H,47,54)(H,55,56)/t36-/m1/s1. The summed E-state index contributed by atoms with van der Waals surface area (Å²) in [5.74, 6) is -3.25. The minimum absolute atomic E-state index is 0.00632. The highest BCUT2D eigenvalue weighted by molar-refractivity contribution is 5.89. The van der Waals surface area contributed by atoms with Gasteiger partial charge in [-0.1, -0.05) is 60.7 Å². The molecule has 2 aromatic carbocycles. The van der Waals surface area contributed by atoms with Gasteiger partial charge in [0.25, 0.3) is 0 Å². The second kappa shape index (κ2) is 26.7. The summed E-state index contributed by atoms with van der Waals surface area (Å²) in [6.45, 7) is 6.19. The van der Waals surface area contributed by atoms with Gasteiger partial charge in [0, 0.05) is 78.2 Å². The average Bonchev–Trinajstić information content (AvgIpc) is 3.32. The van der Waals surface area contributed by atoms with Crippen LogP contribution < -0.4 is 21.7 Å².